The van der Waals surface area contributed by atoms with Gasteiger partial charge in [0.2, 0.25) is 0 Å². The van der Waals surface area contributed by atoms with Gasteiger partial charge in [-0.3, -0.25) is 4.68 Å². The van der Waals surface area contributed by atoms with Gasteiger partial charge in [-0.1, -0.05) is 32.0 Å². The van der Waals surface area contributed by atoms with Crippen molar-refractivity contribution >= 4 is 5.69 Å². The summed E-state index contributed by atoms with van der Waals surface area (Å²) in [5.74, 6) is 0. The van der Waals surface area contributed by atoms with Crippen LogP contribution in [0.15, 0.2) is 30.5 Å². The number of rotatable bonds is 5. The van der Waals surface area contributed by atoms with E-state index in [-0.39, 0.29) is 0 Å². The number of hydrogen-bond donors (Lipinski definition) is 1. The third-order valence-corrected chi connectivity index (χ3v) is 4.51. The molecule has 1 N–H and O–H groups in total. The molecule has 0 unspecified atom stereocenters. The lowest BCUT2D eigenvalue weighted by Gasteiger charge is -2.21. The van der Waals surface area contributed by atoms with Gasteiger partial charge in [-0.25, -0.2) is 0 Å². The van der Waals surface area contributed by atoms with Crippen LogP contribution < -0.4 is 5.32 Å². The first-order valence-corrected chi connectivity index (χ1v) is 8.20. The Morgan fingerprint density at radius 2 is 2.10 bits per heavy atom. The molecule has 0 atom stereocenters. The maximum Gasteiger partial charge on any atom is 0.0669 e. The maximum absolute atomic E-state index is 4.79. The molecule has 2 aromatic rings. The summed E-state index contributed by atoms with van der Waals surface area (Å²) in [5, 5.41) is 8.35. The highest BCUT2D eigenvalue weighted by molar-refractivity contribution is 5.60. The van der Waals surface area contributed by atoms with Crippen LogP contribution in [-0.2, 0) is 12.8 Å². The van der Waals surface area contributed by atoms with E-state index >= 15 is 0 Å². The van der Waals surface area contributed by atoms with Crippen LogP contribution in [0.2, 0.25) is 0 Å². The van der Waals surface area contributed by atoms with Crippen molar-refractivity contribution in [3.8, 4) is 0 Å². The van der Waals surface area contributed by atoms with Crippen LogP contribution in [-0.4, -0.2) is 16.3 Å². The highest BCUT2D eigenvalue weighted by atomic mass is 15.3. The number of benzene rings is 1. The number of aryl methyl sites for hydroxylation is 1. The Labute approximate surface area is 127 Å². The van der Waals surface area contributed by atoms with Crippen molar-refractivity contribution in [3.63, 3.8) is 0 Å². The molecule has 1 aliphatic rings. The summed E-state index contributed by atoms with van der Waals surface area (Å²) in [7, 11) is 0. The fourth-order valence-corrected chi connectivity index (χ4v) is 3.26. The Bertz CT molecular complexity index is 596. The van der Waals surface area contributed by atoms with E-state index in [9.17, 15) is 0 Å². The summed E-state index contributed by atoms with van der Waals surface area (Å²) in [6.07, 6.45) is 7.76. The number of fused-ring (bicyclic) bond motifs is 1. The molecule has 0 fully saturated rings. The van der Waals surface area contributed by atoms with Gasteiger partial charge >= 0.3 is 0 Å². The SMILES string of the molecule is CCC(CC)n1ccc(Cc2cccc3c2NCCC3)n1. The molecule has 0 spiro atoms. The van der Waals surface area contributed by atoms with Crippen LogP contribution in [0.5, 0.6) is 0 Å². The van der Waals surface area contributed by atoms with Gasteiger partial charge in [-0.2, -0.15) is 5.10 Å². The molecule has 1 aliphatic heterocycles. The molecule has 112 valence electrons. The van der Waals surface area contributed by atoms with E-state index in [2.05, 4.69) is 54.3 Å². The Balaban J connectivity index is 1.81. The molecule has 1 aromatic heterocycles. The number of nitrogens with zero attached hydrogens (tertiary/aromatic N) is 2. The zero-order valence-electron chi connectivity index (χ0n) is 13.1. The van der Waals surface area contributed by atoms with E-state index < -0.39 is 0 Å². The second-order valence-electron chi connectivity index (χ2n) is 5.92. The lowest BCUT2D eigenvalue weighted by molar-refractivity contribution is 0.426. The minimum atomic E-state index is 0.529. The van der Waals surface area contributed by atoms with Crippen LogP contribution >= 0.6 is 0 Å². The standard InChI is InChI=1S/C18H25N3/c1-3-17(4-2)21-12-10-16(20-21)13-15-8-5-7-14-9-6-11-19-18(14)15/h5,7-8,10,12,17,19H,3-4,6,9,11,13H2,1-2H3. The molecule has 3 nitrogen and oxygen atoms in total. The minimum absolute atomic E-state index is 0.529. The van der Waals surface area contributed by atoms with Crippen molar-refractivity contribution in [3.05, 3.63) is 47.3 Å². The summed E-state index contributed by atoms with van der Waals surface area (Å²) in [6, 6.07) is 9.35. The molecule has 0 aliphatic carbocycles. The van der Waals surface area contributed by atoms with Crippen LogP contribution in [0, 0.1) is 0 Å². The Morgan fingerprint density at radius 3 is 2.90 bits per heavy atom. The van der Waals surface area contributed by atoms with Crippen molar-refractivity contribution in [2.24, 2.45) is 0 Å². The molecular formula is C18H25N3. The highest BCUT2D eigenvalue weighted by Crippen LogP contribution is 2.27. The van der Waals surface area contributed by atoms with E-state index in [1.165, 1.54) is 35.3 Å². The van der Waals surface area contributed by atoms with Gasteiger partial charge in [-0.15, -0.1) is 0 Å². The number of nitrogens with one attached hydrogen (secondary N) is 1. The quantitative estimate of drug-likeness (QED) is 0.891. The molecule has 0 saturated heterocycles. The van der Waals surface area contributed by atoms with E-state index in [0.29, 0.717) is 6.04 Å². The van der Waals surface area contributed by atoms with Gasteiger partial charge in [-0.05, 0) is 42.9 Å². The molecule has 3 heteroatoms. The summed E-state index contributed by atoms with van der Waals surface area (Å²) >= 11 is 0. The normalized spacial score (nSPS) is 14.0. The van der Waals surface area contributed by atoms with E-state index in [0.717, 1.165) is 25.8 Å². The molecule has 0 saturated carbocycles. The molecule has 2 heterocycles. The molecule has 0 bridgehead atoms. The first-order valence-electron chi connectivity index (χ1n) is 8.20. The second-order valence-corrected chi connectivity index (χ2v) is 5.92. The van der Waals surface area contributed by atoms with Crippen molar-refractivity contribution in [1.29, 1.82) is 0 Å². The van der Waals surface area contributed by atoms with Gasteiger partial charge in [0, 0.05) is 24.8 Å². The summed E-state index contributed by atoms with van der Waals surface area (Å²) < 4.78 is 2.14. The van der Waals surface area contributed by atoms with Gasteiger partial charge in [0.25, 0.3) is 0 Å². The van der Waals surface area contributed by atoms with Crippen LogP contribution in [0.4, 0.5) is 5.69 Å². The van der Waals surface area contributed by atoms with E-state index in [4.69, 9.17) is 5.10 Å². The summed E-state index contributed by atoms with van der Waals surface area (Å²) in [6.45, 7) is 5.55. The van der Waals surface area contributed by atoms with Crippen molar-refractivity contribution in [2.75, 3.05) is 11.9 Å². The van der Waals surface area contributed by atoms with Crippen LogP contribution in [0.1, 0.15) is 56.0 Å². The Kier molecular flexibility index (Phi) is 4.28. The van der Waals surface area contributed by atoms with Gasteiger partial charge in [0.15, 0.2) is 0 Å². The number of para-hydroxylation sites is 1. The Morgan fingerprint density at radius 1 is 1.24 bits per heavy atom. The average Bonchev–Trinajstić information content (AvgIpc) is 2.97. The third-order valence-electron chi connectivity index (χ3n) is 4.51. The minimum Gasteiger partial charge on any atom is -0.385 e. The van der Waals surface area contributed by atoms with Gasteiger partial charge in [0.05, 0.1) is 11.7 Å². The predicted molar refractivity (Wildman–Crippen MR) is 87.9 cm³/mol. The zero-order chi connectivity index (χ0) is 14.7. The van der Waals surface area contributed by atoms with E-state index in [1.807, 2.05) is 0 Å². The first kappa shape index (κ1) is 14.2. The lowest BCUT2D eigenvalue weighted by Crippen LogP contribution is -2.14. The maximum atomic E-state index is 4.79. The molecule has 3 rings (SSSR count). The number of anilines is 1. The van der Waals surface area contributed by atoms with Gasteiger partial charge < -0.3 is 5.32 Å². The fraction of sp³-hybridized carbons (Fsp3) is 0.500. The molecule has 0 radical (unpaired) electrons. The van der Waals surface area contributed by atoms with Crippen molar-refractivity contribution in [2.45, 2.75) is 52.0 Å². The van der Waals surface area contributed by atoms with Crippen LogP contribution in [0.25, 0.3) is 0 Å². The summed E-state index contributed by atoms with van der Waals surface area (Å²) in [5.41, 5.74) is 5.35. The van der Waals surface area contributed by atoms with Crippen LogP contribution in [0.3, 0.4) is 0 Å². The highest BCUT2D eigenvalue weighted by Gasteiger charge is 2.14. The fourth-order valence-electron chi connectivity index (χ4n) is 3.26. The number of hydrogen-bond acceptors (Lipinski definition) is 2. The number of aromatic nitrogens is 2. The van der Waals surface area contributed by atoms with Crippen molar-refractivity contribution in [1.82, 2.24) is 9.78 Å². The molecule has 1 aromatic carbocycles. The first-order chi connectivity index (χ1) is 10.3. The third kappa shape index (κ3) is 2.97. The monoisotopic (exact) mass is 283 g/mol. The van der Waals surface area contributed by atoms with Crippen molar-refractivity contribution < 1.29 is 0 Å². The smallest absolute Gasteiger partial charge is 0.0669 e. The molecule has 0 amide bonds. The Hall–Kier alpha value is -1.77. The lowest BCUT2D eigenvalue weighted by atomic mass is 9.97. The average molecular weight is 283 g/mol. The second kappa shape index (κ2) is 6.33. The predicted octanol–water partition coefficient (Wildman–Crippen LogP) is 4.19. The molecular weight excluding hydrogens is 258 g/mol. The van der Waals surface area contributed by atoms with Gasteiger partial charge in [0.1, 0.15) is 0 Å². The zero-order valence-corrected chi connectivity index (χ0v) is 13.1. The molecule has 21 heavy (non-hydrogen) atoms. The van der Waals surface area contributed by atoms with E-state index in [1.54, 1.807) is 0 Å². The summed E-state index contributed by atoms with van der Waals surface area (Å²) in [4.78, 5) is 0. The topological polar surface area (TPSA) is 29.9 Å². The largest absolute Gasteiger partial charge is 0.385 e.